The van der Waals surface area contributed by atoms with E-state index in [-0.39, 0.29) is 0 Å². The van der Waals surface area contributed by atoms with Crippen molar-refractivity contribution in [1.29, 1.82) is 0 Å². The summed E-state index contributed by atoms with van der Waals surface area (Å²) in [5.41, 5.74) is 9.48. The van der Waals surface area contributed by atoms with Crippen LogP contribution in [-0.4, -0.2) is 60.8 Å². The molecule has 2 unspecified atom stereocenters. The third-order valence-electron chi connectivity index (χ3n) is 8.64. The van der Waals surface area contributed by atoms with Crippen molar-refractivity contribution in [2.24, 2.45) is 0 Å². The van der Waals surface area contributed by atoms with Crippen molar-refractivity contribution in [2.75, 3.05) is 26.4 Å². The molecule has 4 aromatic rings. The van der Waals surface area contributed by atoms with Gasteiger partial charge < -0.3 is 29.2 Å². The Bertz CT molecular complexity index is 1790. The molecule has 0 aromatic heterocycles. The van der Waals surface area contributed by atoms with Crippen LogP contribution in [0.25, 0.3) is 22.3 Å². The molecule has 268 valence electrons. The molecule has 0 amide bonds. The Morgan fingerprint density at radius 3 is 1.53 bits per heavy atom. The van der Waals surface area contributed by atoms with Gasteiger partial charge in [0.2, 0.25) is 0 Å². The van der Waals surface area contributed by atoms with Gasteiger partial charge in [-0.2, -0.15) is 0 Å². The molecule has 8 heteroatoms. The lowest BCUT2D eigenvalue weighted by Crippen LogP contribution is -2.26. The quantitative estimate of drug-likeness (QED) is 0.100. The number of allylic oxidation sites excluding steroid dienone is 2. The van der Waals surface area contributed by atoms with Crippen LogP contribution in [-0.2, 0) is 31.9 Å². The largest absolute Gasteiger partial charge is 0.490 e. The van der Waals surface area contributed by atoms with Gasteiger partial charge in [-0.05, 0) is 121 Å². The van der Waals surface area contributed by atoms with Crippen LogP contribution in [0.1, 0.15) is 55.5 Å². The number of aliphatic carboxylic acids is 2. The summed E-state index contributed by atoms with van der Waals surface area (Å²) in [4.78, 5) is 22.8. The van der Waals surface area contributed by atoms with Gasteiger partial charge in [-0.15, -0.1) is 0 Å². The van der Waals surface area contributed by atoms with Gasteiger partial charge in [0.05, 0.1) is 0 Å². The molecule has 51 heavy (non-hydrogen) atoms. The van der Waals surface area contributed by atoms with Crippen molar-refractivity contribution >= 4 is 23.1 Å². The summed E-state index contributed by atoms with van der Waals surface area (Å²) in [5.74, 6) is -0.469. The molecule has 2 atom stereocenters. The minimum absolute atomic E-state index is 0.309. The molecule has 0 aliphatic heterocycles. The predicted molar refractivity (Wildman–Crippen MR) is 201 cm³/mol. The number of carboxylic acids is 2. The zero-order chi connectivity index (χ0) is 36.8. The summed E-state index contributed by atoms with van der Waals surface area (Å²) in [6.07, 6.45) is 3.01. The second-order valence-electron chi connectivity index (χ2n) is 12.3. The lowest BCUT2D eigenvalue weighted by atomic mass is 9.98. The standard InChI is InChI=1S/C43H48O8/c1-6-48-40(42(44)45)27-32-8-19-38(20-9-32)50-24-22-29(3)33-10-14-35(15-11-33)36-16-12-34(13-17-36)30(4)23-25-51-39-21-18-37(31(5)26-39)28-41(43(46)47)49-7-2/h8-23,26,40-41H,6-7,24-25,27-28H2,1-5H3,(H,44,45)(H,46,47)/b29-22+,30-23+. The van der Waals surface area contributed by atoms with E-state index in [0.29, 0.717) is 39.3 Å². The van der Waals surface area contributed by atoms with E-state index in [1.165, 1.54) is 0 Å². The average Bonchev–Trinajstić information content (AvgIpc) is 3.12. The first-order valence-corrected chi connectivity index (χ1v) is 17.3. The monoisotopic (exact) mass is 692 g/mol. The van der Waals surface area contributed by atoms with Crippen LogP contribution >= 0.6 is 0 Å². The van der Waals surface area contributed by atoms with E-state index < -0.39 is 24.1 Å². The van der Waals surface area contributed by atoms with Gasteiger partial charge in [0.1, 0.15) is 24.7 Å². The fraction of sp³-hybridized carbons (Fsp3) is 0.302. The summed E-state index contributed by atoms with van der Waals surface area (Å²) in [6.45, 7) is 11.2. The van der Waals surface area contributed by atoms with Crippen LogP contribution in [0.2, 0.25) is 0 Å². The molecule has 2 N–H and O–H groups in total. The molecule has 0 heterocycles. The zero-order valence-corrected chi connectivity index (χ0v) is 30.1. The number of carbonyl (C=O) groups is 2. The number of carboxylic acid groups (broad SMARTS) is 2. The lowest BCUT2D eigenvalue weighted by molar-refractivity contribution is -0.150. The van der Waals surface area contributed by atoms with Gasteiger partial charge in [-0.3, -0.25) is 0 Å². The highest BCUT2D eigenvalue weighted by Gasteiger charge is 2.19. The molecule has 4 aromatic carbocycles. The van der Waals surface area contributed by atoms with Gasteiger partial charge in [0.25, 0.3) is 0 Å². The van der Waals surface area contributed by atoms with E-state index in [4.69, 9.17) is 18.9 Å². The zero-order valence-electron chi connectivity index (χ0n) is 30.1. The van der Waals surface area contributed by atoms with E-state index in [1.807, 2.05) is 55.5 Å². The molecule has 0 bridgehead atoms. The van der Waals surface area contributed by atoms with E-state index in [0.717, 1.165) is 61.6 Å². The maximum atomic E-state index is 11.5. The maximum Gasteiger partial charge on any atom is 0.333 e. The van der Waals surface area contributed by atoms with Crippen LogP contribution in [0.15, 0.2) is 103 Å². The van der Waals surface area contributed by atoms with E-state index >= 15 is 0 Å². The van der Waals surface area contributed by atoms with Crippen molar-refractivity contribution < 1.29 is 38.7 Å². The molecule has 4 rings (SSSR count). The van der Waals surface area contributed by atoms with E-state index in [1.54, 1.807) is 13.8 Å². The average molecular weight is 693 g/mol. The van der Waals surface area contributed by atoms with E-state index in [9.17, 15) is 19.8 Å². The second kappa shape index (κ2) is 19.3. The molecule has 0 saturated heterocycles. The molecular weight excluding hydrogens is 644 g/mol. The van der Waals surface area contributed by atoms with Crippen molar-refractivity contribution in [3.8, 4) is 22.6 Å². The molecular formula is C43H48O8. The number of hydrogen-bond donors (Lipinski definition) is 2. The second-order valence-corrected chi connectivity index (χ2v) is 12.3. The van der Waals surface area contributed by atoms with Crippen LogP contribution < -0.4 is 9.47 Å². The summed E-state index contributed by atoms with van der Waals surface area (Å²) in [6, 6.07) is 30.1. The summed E-state index contributed by atoms with van der Waals surface area (Å²) in [7, 11) is 0. The Morgan fingerprint density at radius 2 is 1.08 bits per heavy atom. The van der Waals surface area contributed by atoms with Crippen LogP contribution in [0.3, 0.4) is 0 Å². The fourth-order valence-electron chi connectivity index (χ4n) is 5.57. The van der Waals surface area contributed by atoms with Crippen molar-refractivity contribution in [1.82, 2.24) is 0 Å². The van der Waals surface area contributed by atoms with Crippen LogP contribution in [0, 0.1) is 6.92 Å². The highest BCUT2D eigenvalue weighted by atomic mass is 16.5. The molecule has 0 radical (unpaired) electrons. The molecule has 0 aliphatic carbocycles. The number of rotatable bonds is 19. The Balaban J connectivity index is 1.27. The summed E-state index contributed by atoms with van der Waals surface area (Å²) >= 11 is 0. The molecule has 0 aliphatic rings. The summed E-state index contributed by atoms with van der Waals surface area (Å²) in [5, 5.41) is 18.7. The normalized spacial score (nSPS) is 13.0. The van der Waals surface area contributed by atoms with Crippen LogP contribution in [0.5, 0.6) is 11.5 Å². The fourth-order valence-corrected chi connectivity index (χ4v) is 5.57. The molecule has 8 nitrogen and oxygen atoms in total. The van der Waals surface area contributed by atoms with Gasteiger partial charge in [-0.1, -0.05) is 66.7 Å². The van der Waals surface area contributed by atoms with Gasteiger partial charge in [0.15, 0.2) is 12.2 Å². The summed E-state index contributed by atoms with van der Waals surface area (Å²) < 4.78 is 22.5. The minimum Gasteiger partial charge on any atom is -0.490 e. The Labute approximate surface area is 301 Å². The van der Waals surface area contributed by atoms with E-state index in [2.05, 4.69) is 68.5 Å². The lowest BCUT2D eigenvalue weighted by Gasteiger charge is -2.15. The Hall–Kier alpha value is -5.18. The maximum absolute atomic E-state index is 11.5. The van der Waals surface area contributed by atoms with Crippen LogP contribution in [0.4, 0.5) is 0 Å². The number of ether oxygens (including phenoxy) is 4. The number of hydrogen-bond acceptors (Lipinski definition) is 6. The first kappa shape index (κ1) is 38.6. The van der Waals surface area contributed by atoms with Crippen molar-refractivity contribution in [2.45, 2.75) is 59.7 Å². The topological polar surface area (TPSA) is 112 Å². The van der Waals surface area contributed by atoms with Gasteiger partial charge >= 0.3 is 11.9 Å². The molecule has 0 fully saturated rings. The van der Waals surface area contributed by atoms with Crippen molar-refractivity contribution in [3.05, 3.63) is 131 Å². The van der Waals surface area contributed by atoms with Gasteiger partial charge in [-0.25, -0.2) is 9.59 Å². The highest BCUT2D eigenvalue weighted by molar-refractivity contribution is 5.74. The minimum atomic E-state index is -0.962. The van der Waals surface area contributed by atoms with Crippen molar-refractivity contribution in [3.63, 3.8) is 0 Å². The first-order chi connectivity index (χ1) is 24.6. The molecule has 0 spiro atoms. The Morgan fingerprint density at radius 1 is 0.627 bits per heavy atom. The molecule has 0 saturated carbocycles. The smallest absolute Gasteiger partial charge is 0.333 e. The highest BCUT2D eigenvalue weighted by Crippen LogP contribution is 2.26. The van der Waals surface area contributed by atoms with Gasteiger partial charge in [0, 0.05) is 26.1 Å². The first-order valence-electron chi connectivity index (χ1n) is 17.3. The third kappa shape index (κ3) is 11.7. The third-order valence-corrected chi connectivity index (χ3v) is 8.64. The number of benzene rings is 4. The predicted octanol–water partition coefficient (Wildman–Crippen LogP) is 8.69. The number of aryl methyl sites for hydroxylation is 1. The SMILES string of the molecule is CCOC(Cc1ccc(OC/C=C(\C)c2ccc(-c3ccc(/C(C)=C/COc4ccc(CC(OCC)C(=O)O)c(C)c4)cc3)cc2)cc1)C(=O)O. The Kier molecular flexibility index (Phi) is 14.6.